The largest absolute Gasteiger partial charge is 0.464 e. The van der Waals surface area contributed by atoms with Gasteiger partial charge in [0.25, 0.3) is 0 Å². The summed E-state index contributed by atoms with van der Waals surface area (Å²) < 4.78 is 29.1. The first kappa shape index (κ1) is 23.0. The van der Waals surface area contributed by atoms with Crippen molar-refractivity contribution in [3.05, 3.63) is 76.5 Å². The Hall–Kier alpha value is -3.20. The van der Waals surface area contributed by atoms with Crippen LogP contribution < -0.4 is 10.2 Å². The van der Waals surface area contributed by atoms with Crippen LogP contribution in [0.1, 0.15) is 39.8 Å². The van der Waals surface area contributed by atoms with E-state index in [1.807, 2.05) is 49.9 Å². The van der Waals surface area contributed by atoms with Crippen molar-refractivity contribution in [1.82, 2.24) is 15.3 Å². The van der Waals surface area contributed by atoms with Crippen molar-refractivity contribution in [3.63, 3.8) is 0 Å². The smallest absolute Gasteiger partial charge is 0.225 e. The molecule has 1 atom stereocenters. The van der Waals surface area contributed by atoms with Crippen molar-refractivity contribution in [2.75, 3.05) is 29.5 Å². The molecule has 0 radical (unpaired) electrons. The number of aromatic nitrogens is 2. The number of sulfone groups is 1. The molecule has 2 aromatic heterocycles. The Balaban J connectivity index is 1.46. The average Bonchev–Trinajstić information content (AvgIpc) is 3.19. The van der Waals surface area contributed by atoms with Gasteiger partial charge in [-0.15, -0.1) is 0 Å². The summed E-state index contributed by atoms with van der Waals surface area (Å²) in [7, 11) is -2.97. The zero-order valence-corrected chi connectivity index (χ0v) is 19.9. The van der Waals surface area contributed by atoms with E-state index in [4.69, 9.17) is 4.42 Å². The molecule has 4 rings (SSSR count). The standard InChI is InChI=1S/C24H28N4O4S/c1-16-4-6-20(17(2)12-16)23(21-7-5-18(3)32-21)27-22(29)13-19-14-25-24(26-15-19)28-8-10-33(30,31)11-9-28/h4-7,12,14-15,23H,8-11,13H2,1-3H3,(H,27,29). The fraction of sp³-hybridized carbons (Fsp3) is 0.375. The number of nitrogens with zero attached hydrogens (tertiary/aromatic N) is 3. The number of carbonyl (C=O) groups excluding carboxylic acids is 1. The van der Waals surface area contributed by atoms with Gasteiger partial charge in [0.05, 0.1) is 17.9 Å². The van der Waals surface area contributed by atoms with E-state index in [1.54, 1.807) is 12.4 Å². The summed E-state index contributed by atoms with van der Waals surface area (Å²) in [6, 6.07) is 9.50. The van der Waals surface area contributed by atoms with Crippen LogP contribution in [0.25, 0.3) is 0 Å². The van der Waals surface area contributed by atoms with Gasteiger partial charge in [0.15, 0.2) is 9.84 Å². The lowest BCUT2D eigenvalue weighted by molar-refractivity contribution is -0.121. The maximum atomic E-state index is 12.9. The number of hydrogen-bond donors (Lipinski definition) is 1. The number of hydrogen-bond acceptors (Lipinski definition) is 7. The predicted octanol–water partition coefficient (Wildman–Crippen LogP) is 2.68. The Morgan fingerprint density at radius 1 is 1.09 bits per heavy atom. The van der Waals surface area contributed by atoms with Gasteiger partial charge in [0.1, 0.15) is 17.6 Å². The minimum absolute atomic E-state index is 0.104. The minimum Gasteiger partial charge on any atom is -0.464 e. The molecule has 1 aliphatic heterocycles. The third-order valence-corrected chi connectivity index (χ3v) is 7.38. The minimum atomic E-state index is -2.97. The van der Waals surface area contributed by atoms with Crippen LogP contribution in [0, 0.1) is 20.8 Å². The summed E-state index contributed by atoms with van der Waals surface area (Å²) in [4.78, 5) is 23.5. The molecule has 0 spiro atoms. The Labute approximate surface area is 194 Å². The number of rotatable bonds is 6. The number of furan rings is 1. The fourth-order valence-corrected chi connectivity index (χ4v) is 5.17. The Morgan fingerprint density at radius 2 is 1.79 bits per heavy atom. The van der Waals surface area contributed by atoms with E-state index in [2.05, 4.69) is 21.4 Å². The first-order valence-corrected chi connectivity index (χ1v) is 12.7. The van der Waals surface area contributed by atoms with E-state index >= 15 is 0 Å². The molecule has 1 aliphatic rings. The highest BCUT2D eigenvalue weighted by Gasteiger charge is 2.24. The van der Waals surface area contributed by atoms with Gasteiger partial charge >= 0.3 is 0 Å². The van der Waals surface area contributed by atoms with E-state index in [0.717, 1.165) is 22.5 Å². The van der Waals surface area contributed by atoms with Gasteiger partial charge in [-0.1, -0.05) is 23.8 Å². The maximum absolute atomic E-state index is 12.9. The van der Waals surface area contributed by atoms with E-state index in [9.17, 15) is 13.2 Å². The van der Waals surface area contributed by atoms with Crippen molar-refractivity contribution >= 4 is 21.7 Å². The fourth-order valence-electron chi connectivity index (χ4n) is 3.97. The first-order valence-electron chi connectivity index (χ1n) is 10.9. The second-order valence-corrected chi connectivity index (χ2v) is 10.8. The predicted molar refractivity (Wildman–Crippen MR) is 126 cm³/mol. The van der Waals surface area contributed by atoms with Crippen molar-refractivity contribution in [3.8, 4) is 0 Å². The van der Waals surface area contributed by atoms with E-state index in [1.165, 1.54) is 0 Å². The third kappa shape index (κ3) is 5.60. The lowest BCUT2D eigenvalue weighted by Gasteiger charge is -2.26. The lowest BCUT2D eigenvalue weighted by Crippen LogP contribution is -2.41. The number of nitrogens with one attached hydrogen (secondary N) is 1. The molecule has 9 heteroatoms. The molecule has 3 heterocycles. The normalized spacial score (nSPS) is 16.4. The van der Waals surface area contributed by atoms with Crippen LogP contribution in [-0.4, -0.2) is 48.9 Å². The molecule has 1 fully saturated rings. The van der Waals surface area contributed by atoms with Crippen molar-refractivity contribution < 1.29 is 17.6 Å². The quantitative estimate of drug-likeness (QED) is 0.593. The number of anilines is 1. The molecule has 174 valence electrons. The van der Waals surface area contributed by atoms with Gasteiger partial charge in [-0.3, -0.25) is 4.79 Å². The summed E-state index contributed by atoms with van der Waals surface area (Å²) in [6.45, 7) is 6.69. The average molecular weight is 469 g/mol. The van der Waals surface area contributed by atoms with Gasteiger partial charge in [0.2, 0.25) is 11.9 Å². The summed E-state index contributed by atoms with van der Waals surface area (Å²) in [5.41, 5.74) is 3.89. The topological polar surface area (TPSA) is 105 Å². The van der Waals surface area contributed by atoms with E-state index in [0.29, 0.717) is 30.4 Å². The van der Waals surface area contributed by atoms with Crippen LogP contribution in [0.2, 0.25) is 0 Å². The lowest BCUT2D eigenvalue weighted by atomic mass is 9.97. The molecule has 1 N–H and O–H groups in total. The first-order chi connectivity index (χ1) is 15.7. The molecular weight excluding hydrogens is 440 g/mol. The van der Waals surface area contributed by atoms with Crippen molar-refractivity contribution in [1.29, 1.82) is 0 Å². The van der Waals surface area contributed by atoms with Crippen molar-refractivity contribution in [2.45, 2.75) is 33.2 Å². The SMILES string of the molecule is Cc1ccc(C(NC(=O)Cc2cnc(N3CCS(=O)(=O)CC3)nc2)c2ccc(C)o2)c(C)c1. The Morgan fingerprint density at radius 3 is 2.39 bits per heavy atom. The monoisotopic (exact) mass is 468 g/mol. The maximum Gasteiger partial charge on any atom is 0.225 e. The molecule has 3 aromatic rings. The number of amides is 1. The molecular formula is C24H28N4O4S. The molecule has 0 saturated carbocycles. The van der Waals surface area contributed by atoms with E-state index < -0.39 is 15.9 Å². The highest BCUT2D eigenvalue weighted by Crippen LogP contribution is 2.27. The van der Waals surface area contributed by atoms with Gasteiger partial charge in [0, 0.05) is 25.5 Å². The van der Waals surface area contributed by atoms with E-state index in [-0.39, 0.29) is 23.8 Å². The third-order valence-electron chi connectivity index (χ3n) is 5.77. The highest BCUT2D eigenvalue weighted by molar-refractivity contribution is 7.91. The highest BCUT2D eigenvalue weighted by atomic mass is 32.2. The van der Waals surface area contributed by atoms with Crippen LogP contribution in [0.3, 0.4) is 0 Å². The van der Waals surface area contributed by atoms with Crippen molar-refractivity contribution in [2.24, 2.45) is 0 Å². The van der Waals surface area contributed by atoms with Gasteiger partial charge < -0.3 is 14.6 Å². The van der Waals surface area contributed by atoms with Crippen LogP contribution in [0.5, 0.6) is 0 Å². The summed E-state index contributed by atoms with van der Waals surface area (Å²) in [5.74, 6) is 1.98. The molecule has 1 aromatic carbocycles. The molecule has 8 nitrogen and oxygen atoms in total. The van der Waals surface area contributed by atoms with Crippen LogP contribution in [-0.2, 0) is 21.1 Å². The molecule has 0 bridgehead atoms. The summed E-state index contributed by atoms with van der Waals surface area (Å²) in [5, 5.41) is 3.09. The van der Waals surface area contributed by atoms with Crippen LogP contribution >= 0.6 is 0 Å². The Kier molecular flexibility index (Phi) is 6.51. The molecule has 1 amide bonds. The van der Waals surface area contributed by atoms with Gasteiger partial charge in [-0.2, -0.15) is 0 Å². The molecule has 1 unspecified atom stereocenters. The van der Waals surface area contributed by atoms with Crippen LogP contribution in [0.4, 0.5) is 5.95 Å². The number of carbonyl (C=O) groups is 1. The Bertz CT molecular complexity index is 1240. The molecule has 1 saturated heterocycles. The van der Waals surface area contributed by atoms with Gasteiger partial charge in [-0.25, -0.2) is 18.4 Å². The van der Waals surface area contributed by atoms with Gasteiger partial charge in [-0.05, 0) is 49.6 Å². The summed E-state index contributed by atoms with van der Waals surface area (Å²) >= 11 is 0. The molecule has 0 aliphatic carbocycles. The second-order valence-electron chi connectivity index (χ2n) is 8.52. The zero-order valence-electron chi connectivity index (χ0n) is 19.0. The van der Waals surface area contributed by atoms with Crippen LogP contribution in [0.15, 0.2) is 47.1 Å². The summed E-state index contributed by atoms with van der Waals surface area (Å²) in [6.07, 6.45) is 3.36. The number of benzene rings is 1. The number of aryl methyl sites for hydroxylation is 3. The zero-order chi connectivity index (χ0) is 23.6. The second kappa shape index (κ2) is 9.35. The molecule has 33 heavy (non-hydrogen) atoms.